The average Bonchev–Trinajstić information content (AvgIpc) is 3.14. The highest BCUT2D eigenvalue weighted by atomic mass is 16.3. The molecule has 1 aromatic carbocycles. The molecule has 0 bridgehead atoms. The minimum absolute atomic E-state index is 0.149. The zero-order valence-electron chi connectivity index (χ0n) is 18.1. The van der Waals surface area contributed by atoms with Gasteiger partial charge in [-0.05, 0) is 52.3 Å². The van der Waals surface area contributed by atoms with Crippen molar-refractivity contribution in [3.8, 4) is 0 Å². The quantitative estimate of drug-likeness (QED) is 0.662. The lowest BCUT2D eigenvalue weighted by atomic mass is 9.87. The summed E-state index contributed by atoms with van der Waals surface area (Å²) in [6.45, 7) is 7.89. The van der Waals surface area contributed by atoms with Gasteiger partial charge < -0.3 is 14.6 Å². The van der Waals surface area contributed by atoms with E-state index in [1.54, 1.807) is 37.2 Å². The summed E-state index contributed by atoms with van der Waals surface area (Å²) in [5, 5.41) is 10.9. The molecule has 1 aliphatic heterocycles. The van der Waals surface area contributed by atoms with E-state index < -0.39 is 22.9 Å². The first-order valence-electron chi connectivity index (χ1n) is 10.4. The van der Waals surface area contributed by atoms with Crippen LogP contribution in [0.15, 0.2) is 40.3 Å². The molecule has 0 aliphatic carbocycles. The van der Waals surface area contributed by atoms with E-state index >= 15 is 0 Å². The number of carbonyl (C=O) groups excluding carboxylic acids is 1. The second kappa shape index (κ2) is 7.49. The first-order chi connectivity index (χ1) is 14.6. The molecule has 9 nitrogen and oxygen atoms in total. The van der Waals surface area contributed by atoms with Crippen molar-refractivity contribution in [2.45, 2.75) is 51.8 Å². The van der Waals surface area contributed by atoms with Gasteiger partial charge >= 0.3 is 5.69 Å². The molecule has 2 aromatic heterocycles. The van der Waals surface area contributed by atoms with Crippen LogP contribution in [0.2, 0.25) is 0 Å². The van der Waals surface area contributed by atoms with Crippen LogP contribution >= 0.6 is 0 Å². The van der Waals surface area contributed by atoms with Gasteiger partial charge in [0.2, 0.25) is 0 Å². The Morgan fingerprint density at radius 1 is 1.32 bits per heavy atom. The van der Waals surface area contributed by atoms with Crippen molar-refractivity contribution in [3.63, 3.8) is 0 Å². The molecule has 4 rings (SSSR count). The van der Waals surface area contributed by atoms with Crippen LogP contribution in [-0.4, -0.2) is 53.7 Å². The number of aliphatic hydroxyl groups is 1. The van der Waals surface area contributed by atoms with Crippen molar-refractivity contribution in [2.75, 3.05) is 13.1 Å². The van der Waals surface area contributed by atoms with Gasteiger partial charge in [0.1, 0.15) is 0 Å². The second-order valence-electron chi connectivity index (χ2n) is 8.80. The van der Waals surface area contributed by atoms with Gasteiger partial charge in [-0.1, -0.05) is 0 Å². The third-order valence-electron chi connectivity index (χ3n) is 6.15. The van der Waals surface area contributed by atoms with Gasteiger partial charge in [-0.15, -0.1) is 0 Å². The molecule has 2 atom stereocenters. The van der Waals surface area contributed by atoms with Gasteiger partial charge in [0.05, 0.1) is 29.0 Å². The number of aromatic nitrogens is 4. The van der Waals surface area contributed by atoms with Gasteiger partial charge in [-0.2, -0.15) is 0 Å². The van der Waals surface area contributed by atoms with Crippen LogP contribution in [0, 0.1) is 6.92 Å². The van der Waals surface area contributed by atoms with E-state index in [0.29, 0.717) is 24.1 Å². The van der Waals surface area contributed by atoms with Crippen LogP contribution in [0.25, 0.3) is 11.0 Å². The maximum absolute atomic E-state index is 13.2. The fourth-order valence-corrected chi connectivity index (χ4v) is 4.17. The molecule has 31 heavy (non-hydrogen) atoms. The Morgan fingerprint density at radius 3 is 2.77 bits per heavy atom. The van der Waals surface area contributed by atoms with Crippen molar-refractivity contribution in [1.82, 2.24) is 24.0 Å². The lowest BCUT2D eigenvalue weighted by Gasteiger charge is -2.43. The highest BCUT2D eigenvalue weighted by molar-refractivity contribution is 5.97. The smallest absolute Gasteiger partial charge is 0.328 e. The molecular weight excluding hydrogens is 398 g/mol. The standard InChI is InChI=1S/C22H27N5O4/c1-13(2)27-12-23-16-9-15(5-6-17(16)27)20(29)25-8-7-22(4,31)18(11-25)26-10-14(3)19(28)24-21(26)30/h5-6,9-10,12-13,18,31H,7-8,11H2,1-4H3,(H,24,28,30)/t18-,22-/m1/s1. The monoisotopic (exact) mass is 425 g/mol. The number of rotatable bonds is 3. The van der Waals surface area contributed by atoms with E-state index in [-0.39, 0.29) is 18.5 Å². The zero-order chi connectivity index (χ0) is 22.5. The first kappa shape index (κ1) is 21.0. The zero-order valence-corrected chi connectivity index (χ0v) is 18.1. The van der Waals surface area contributed by atoms with E-state index in [1.165, 1.54) is 10.8 Å². The van der Waals surface area contributed by atoms with Crippen molar-refractivity contribution in [2.24, 2.45) is 0 Å². The van der Waals surface area contributed by atoms with Crippen molar-refractivity contribution in [1.29, 1.82) is 0 Å². The summed E-state index contributed by atoms with van der Waals surface area (Å²) in [6, 6.07) is 5.02. The SMILES string of the molecule is Cc1cn([C@@H]2CN(C(=O)c3ccc4c(c3)ncn4C(C)C)CC[C@@]2(C)O)c(=O)[nH]c1=O. The first-order valence-corrected chi connectivity index (χ1v) is 10.4. The molecule has 3 aromatic rings. The summed E-state index contributed by atoms with van der Waals surface area (Å²) >= 11 is 0. The average molecular weight is 425 g/mol. The Kier molecular flexibility index (Phi) is 5.09. The number of piperidine rings is 1. The van der Waals surface area contributed by atoms with E-state index in [9.17, 15) is 19.5 Å². The largest absolute Gasteiger partial charge is 0.388 e. The number of imidazole rings is 1. The summed E-state index contributed by atoms with van der Waals surface area (Å²) in [5.74, 6) is -0.185. The van der Waals surface area contributed by atoms with Crippen LogP contribution in [0.3, 0.4) is 0 Å². The Morgan fingerprint density at radius 2 is 2.06 bits per heavy atom. The highest BCUT2D eigenvalue weighted by Gasteiger charge is 2.41. The molecule has 0 spiro atoms. The summed E-state index contributed by atoms with van der Waals surface area (Å²) in [6.07, 6.45) is 3.51. The minimum atomic E-state index is -1.20. The number of nitrogens with zero attached hydrogens (tertiary/aromatic N) is 4. The number of hydrogen-bond acceptors (Lipinski definition) is 5. The molecule has 1 amide bonds. The third-order valence-corrected chi connectivity index (χ3v) is 6.15. The number of hydrogen-bond donors (Lipinski definition) is 2. The van der Waals surface area contributed by atoms with Crippen LogP contribution < -0.4 is 11.2 Å². The predicted octanol–water partition coefficient (Wildman–Crippen LogP) is 1.61. The highest BCUT2D eigenvalue weighted by Crippen LogP contribution is 2.32. The number of aryl methyl sites for hydroxylation is 1. The normalized spacial score (nSPS) is 21.7. The summed E-state index contributed by atoms with van der Waals surface area (Å²) in [5.41, 5.74) is 0.311. The van der Waals surface area contributed by atoms with E-state index in [4.69, 9.17) is 0 Å². The lowest BCUT2D eigenvalue weighted by Crippen LogP contribution is -2.55. The summed E-state index contributed by atoms with van der Waals surface area (Å²) in [4.78, 5) is 45.7. The fourth-order valence-electron chi connectivity index (χ4n) is 4.17. The number of amides is 1. The molecule has 1 fully saturated rings. The number of H-pyrrole nitrogens is 1. The Labute approximate surface area is 179 Å². The molecule has 1 saturated heterocycles. The minimum Gasteiger partial charge on any atom is -0.388 e. The summed E-state index contributed by atoms with van der Waals surface area (Å²) < 4.78 is 3.37. The third kappa shape index (κ3) is 3.69. The molecule has 0 unspecified atom stereocenters. The number of benzene rings is 1. The number of carbonyl (C=O) groups is 1. The van der Waals surface area contributed by atoms with Gasteiger partial charge in [0, 0.05) is 36.5 Å². The van der Waals surface area contributed by atoms with Crippen molar-refractivity contribution >= 4 is 16.9 Å². The van der Waals surface area contributed by atoms with E-state index in [2.05, 4.69) is 23.8 Å². The van der Waals surface area contributed by atoms with Gasteiger partial charge in [-0.3, -0.25) is 19.1 Å². The van der Waals surface area contributed by atoms with Crippen LogP contribution in [0.4, 0.5) is 0 Å². The van der Waals surface area contributed by atoms with Gasteiger partial charge in [0.25, 0.3) is 11.5 Å². The molecule has 3 heterocycles. The number of fused-ring (bicyclic) bond motifs is 1. The Bertz CT molecular complexity index is 1270. The topological polar surface area (TPSA) is 113 Å². The lowest BCUT2D eigenvalue weighted by molar-refractivity contribution is -0.0460. The molecule has 2 N–H and O–H groups in total. The van der Waals surface area contributed by atoms with E-state index in [0.717, 1.165) is 11.0 Å². The molecule has 9 heteroatoms. The van der Waals surface area contributed by atoms with E-state index in [1.807, 2.05) is 10.6 Å². The van der Waals surface area contributed by atoms with Crippen molar-refractivity contribution < 1.29 is 9.90 Å². The predicted molar refractivity (Wildman–Crippen MR) is 116 cm³/mol. The Balaban J connectivity index is 1.65. The van der Waals surface area contributed by atoms with Gasteiger partial charge in [0.15, 0.2) is 0 Å². The van der Waals surface area contributed by atoms with Crippen LogP contribution in [0.1, 0.15) is 55.2 Å². The molecule has 0 radical (unpaired) electrons. The maximum Gasteiger partial charge on any atom is 0.328 e. The van der Waals surface area contributed by atoms with Crippen molar-refractivity contribution in [3.05, 3.63) is 62.7 Å². The molecule has 164 valence electrons. The summed E-state index contributed by atoms with van der Waals surface area (Å²) in [7, 11) is 0. The van der Waals surface area contributed by atoms with Crippen LogP contribution in [-0.2, 0) is 0 Å². The molecule has 0 saturated carbocycles. The number of aromatic amines is 1. The fraction of sp³-hybridized carbons (Fsp3) is 0.455. The number of nitrogens with one attached hydrogen (secondary N) is 1. The Hall–Kier alpha value is -3.20. The second-order valence-corrected chi connectivity index (χ2v) is 8.80. The van der Waals surface area contributed by atoms with Gasteiger partial charge in [-0.25, -0.2) is 9.78 Å². The van der Waals surface area contributed by atoms with Crippen LogP contribution in [0.5, 0.6) is 0 Å². The molecule has 1 aliphatic rings. The molecular formula is C22H27N5O4. The number of likely N-dealkylation sites (tertiary alicyclic amines) is 1. The maximum atomic E-state index is 13.2.